The summed E-state index contributed by atoms with van der Waals surface area (Å²) in [5.74, 6) is 8.54. The third-order valence-corrected chi connectivity index (χ3v) is 12.2. The van der Waals surface area contributed by atoms with Crippen molar-refractivity contribution in [1.29, 1.82) is 0 Å². The summed E-state index contributed by atoms with van der Waals surface area (Å²) in [5, 5.41) is 1.72. The van der Waals surface area contributed by atoms with Gasteiger partial charge in [0.1, 0.15) is 24.7 Å². The summed E-state index contributed by atoms with van der Waals surface area (Å²) in [6.07, 6.45) is 14.0. The van der Waals surface area contributed by atoms with Crippen molar-refractivity contribution >= 4 is 21.8 Å². The van der Waals surface area contributed by atoms with E-state index in [1.807, 2.05) is 97.1 Å². The molecule has 0 fully saturated rings. The molecular weight excluding hydrogens is 873 g/mol. The Bertz CT molecular complexity index is 3250. The molecule has 8 aromatic rings. The second-order valence-corrected chi connectivity index (χ2v) is 17.6. The Labute approximate surface area is 410 Å². The molecule has 356 valence electrons. The molecule has 0 bridgehead atoms. The van der Waals surface area contributed by atoms with Gasteiger partial charge in [-0.15, -0.1) is 12.8 Å². The molecule has 8 rings (SSSR count). The first kappa shape index (κ1) is 49.8. The maximum absolute atomic E-state index is 13.2. The zero-order valence-corrected chi connectivity index (χ0v) is 40.9. The molecule has 0 atom stereocenters. The molecule has 10 nitrogen and oxygen atoms in total. The number of hydrogen-bond donors (Lipinski definition) is 0. The van der Waals surface area contributed by atoms with Gasteiger partial charge in [0, 0.05) is 35.0 Å². The van der Waals surface area contributed by atoms with E-state index in [4.69, 9.17) is 31.8 Å². The van der Waals surface area contributed by atoms with Gasteiger partial charge in [-0.1, -0.05) is 124 Å². The predicted octanol–water partition coefficient (Wildman–Crippen LogP) is 11.7. The van der Waals surface area contributed by atoms with Crippen LogP contribution in [0.15, 0.2) is 143 Å². The lowest BCUT2D eigenvalue weighted by Gasteiger charge is -2.15. The Morgan fingerprint density at radius 2 is 0.986 bits per heavy atom. The minimum atomic E-state index is -0.278. The van der Waals surface area contributed by atoms with Crippen LogP contribution in [0.5, 0.6) is 23.0 Å². The van der Waals surface area contributed by atoms with Crippen molar-refractivity contribution in [3.63, 3.8) is 0 Å². The Balaban J connectivity index is 0.000000208. The summed E-state index contributed by atoms with van der Waals surface area (Å²) in [6.45, 7) is 10.1. The molecule has 0 radical (unpaired) electrons. The molecular formula is C60H60N4O6. The summed E-state index contributed by atoms with van der Waals surface area (Å²) >= 11 is 0. The highest BCUT2D eigenvalue weighted by Gasteiger charge is 2.17. The third kappa shape index (κ3) is 12.1. The van der Waals surface area contributed by atoms with Gasteiger partial charge in [-0.2, -0.15) is 9.97 Å². The number of rotatable bonds is 18. The lowest BCUT2D eigenvalue weighted by atomic mass is 9.99. The van der Waals surface area contributed by atoms with Crippen molar-refractivity contribution < 1.29 is 18.9 Å². The normalized spacial score (nSPS) is 10.9. The van der Waals surface area contributed by atoms with E-state index in [1.165, 1.54) is 16.7 Å². The number of benzene rings is 6. The number of terminal acetylenes is 2. The highest BCUT2D eigenvalue weighted by Crippen LogP contribution is 2.33. The fraction of sp³-hybridized carbons (Fsp3) is 0.267. The molecule has 10 heteroatoms. The molecule has 0 aliphatic heterocycles. The highest BCUT2D eigenvalue weighted by molar-refractivity contribution is 5.94. The molecule has 0 spiro atoms. The Hall–Kier alpha value is -8.08. The smallest absolute Gasteiger partial charge is 0.348 e. The monoisotopic (exact) mass is 932 g/mol. The van der Waals surface area contributed by atoms with Gasteiger partial charge in [0.05, 0.1) is 36.6 Å². The molecule has 0 aliphatic rings. The van der Waals surface area contributed by atoms with Gasteiger partial charge in [-0.05, 0) is 108 Å². The first-order valence-corrected chi connectivity index (χ1v) is 23.7. The zero-order chi connectivity index (χ0) is 49.6. The minimum Gasteiger partial charge on any atom is -0.493 e. The van der Waals surface area contributed by atoms with Gasteiger partial charge < -0.3 is 18.9 Å². The molecule has 0 aliphatic carbocycles. The lowest BCUT2D eigenvalue weighted by Crippen LogP contribution is -2.24. The molecule has 0 N–H and O–H groups in total. The van der Waals surface area contributed by atoms with Crippen LogP contribution in [-0.4, -0.2) is 46.5 Å². The molecule has 0 saturated carbocycles. The van der Waals surface area contributed by atoms with Crippen LogP contribution in [0, 0.1) is 24.7 Å². The summed E-state index contributed by atoms with van der Waals surface area (Å²) in [5.41, 5.74) is 9.08. The number of ether oxygens (including phenoxy) is 4. The van der Waals surface area contributed by atoms with E-state index in [2.05, 4.69) is 85.9 Å². The Morgan fingerprint density at radius 3 is 1.41 bits per heavy atom. The first-order chi connectivity index (χ1) is 34.0. The third-order valence-electron chi connectivity index (χ3n) is 12.2. The van der Waals surface area contributed by atoms with E-state index >= 15 is 0 Å². The largest absolute Gasteiger partial charge is 0.493 e. The van der Waals surface area contributed by atoms with Gasteiger partial charge in [0.25, 0.3) is 0 Å². The van der Waals surface area contributed by atoms with Gasteiger partial charge >= 0.3 is 11.4 Å². The van der Waals surface area contributed by atoms with Crippen LogP contribution in [0.4, 0.5) is 0 Å². The van der Waals surface area contributed by atoms with E-state index in [1.54, 1.807) is 23.4 Å². The van der Waals surface area contributed by atoms with Crippen LogP contribution < -0.4 is 30.3 Å². The fourth-order valence-corrected chi connectivity index (χ4v) is 8.44. The van der Waals surface area contributed by atoms with Crippen molar-refractivity contribution in [2.24, 2.45) is 0 Å². The van der Waals surface area contributed by atoms with Gasteiger partial charge in [0.2, 0.25) is 0 Å². The van der Waals surface area contributed by atoms with E-state index < -0.39 is 0 Å². The molecule has 2 heterocycles. The van der Waals surface area contributed by atoms with Crippen molar-refractivity contribution in [1.82, 2.24) is 19.1 Å². The van der Waals surface area contributed by atoms with Gasteiger partial charge in [-0.25, -0.2) is 9.59 Å². The standard InChI is InChI=1S/C31H32N2O4.C29H28N2O2/c1-6-18-37-25-14-15-27-26(20-25)30(24-12-10-23(11-13-24)21(2)3)32-31(34)33(27)17-7-8-22-9-16-28(35-4)29(19-22)36-5;1-4-19-33-25-16-17-27-26(20-25)28(24-14-12-23(13-15-24)21(2)3)30-29(32)31(27)18-8-11-22-9-6-5-7-10-22/h1,9-16,19-21H,7-8,17-18H2,2-5H3;1,5-7,9-10,12-17,20-21H,8,11,18-19H2,2-3H3. The van der Waals surface area contributed by atoms with Crippen LogP contribution in [0.1, 0.15) is 74.6 Å². The van der Waals surface area contributed by atoms with Gasteiger partial charge in [0.15, 0.2) is 11.5 Å². The summed E-state index contributed by atoms with van der Waals surface area (Å²) < 4.78 is 25.6. The van der Waals surface area contributed by atoms with Gasteiger partial charge in [-0.3, -0.25) is 9.13 Å². The molecule has 0 saturated heterocycles. The minimum absolute atomic E-state index is 0.169. The Kier molecular flexibility index (Phi) is 16.9. The van der Waals surface area contributed by atoms with E-state index in [0.717, 1.165) is 64.2 Å². The first-order valence-electron chi connectivity index (χ1n) is 23.7. The van der Waals surface area contributed by atoms with E-state index in [-0.39, 0.29) is 24.6 Å². The van der Waals surface area contributed by atoms with Crippen molar-refractivity contribution in [3.8, 4) is 70.2 Å². The number of aryl methyl sites for hydroxylation is 4. The molecule has 2 aromatic heterocycles. The number of fused-ring (bicyclic) bond motifs is 2. The average molecular weight is 933 g/mol. The summed E-state index contributed by atoms with van der Waals surface area (Å²) in [4.78, 5) is 35.4. The van der Waals surface area contributed by atoms with Crippen LogP contribution in [0.25, 0.3) is 44.3 Å². The topological polar surface area (TPSA) is 107 Å². The summed E-state index contributed by atoms with van der Waals surface area (Å²) in [7, 11) is 3.24. The molecule has 70 heavy (non-hydrogen) atoms. The average Bonchev–Trinajstić information content (AvgIpc) is 3.38. The second-order valence-electron chi connectivity index (χ2n) is 17.6. The predicted molar refractivity (Wildman–Crippen MR) is 282 cm³/mol. The number of nitrogens with zero attached hydrogens (tertiary/aromatic N) is 4. The van der Waals surface area contributed by atoms with Crippen LogP contribution >= 0.6 is 0 Å². The van der Waals surface area contributed by atoms with Crippen molar-refractivity contribution in [2.45, 2.75) is 78.3 Å². The quantitative estimate of drug-likeness (QED) is 0.0783. The SMILES string of the molecule is C#CCOc1ccc2c(c1)c(-c1ccc(C(C)C)cc1)nc(=O)n2CCCc1ccc(OC)c(OC)c1.C#CCOc1ccc2c(c1)c(-c1ccc(C(C)C)cc1)nc(=O)n2CCCc1ccccc1. The van der Waals surface area contributed by atoms with Crippen LogP contribution in [0.3, 0.4) is 0 Å². The summed E-state index contributed by atoms with van der Waals surface area (Å²) in [6, 6.07) is 44.0. The van der Waals surface area contributed by atoms with Crippen molar-refractivity contribution in [2.75, 3.05) is 27.4 Å². The lowest BCUT2D eigenvalue weighted by molar-refractivity contribution is 0.354. The van der Waals surface area contributed by atoms with Crippen LogP contribution in [-0.2, 0) is 25.9 Å². The Morgan fingerprint density at radius 1 is 0.529 bits per heavy atom. The number of aromatic nitrogens is 4. The zero-order valence-electron chi connectivity index (χ0n) is 40.9. The van der Waals surface area contributed by atoms with E-state index in [9.17, 15) is 9.59 Å². The molecule has 0 amide bonds. The van der Waals surface area contributed by atoms with Crippen LogP contribution in [0.2, 0.25) is 0 Å². The fourth-order valence-electron chi connectivity index (χ4n) is 8.44. The number of hydrogen-bond acceptors (Lipinski definition) is 8. The second kappa shape index (κ2) is 23.8. The highest BCUT2D eigenvalue weighted by atomic mass is 16.5. The maximum atomic E-state index is 13.2. The maximum Gasteiger partial charge on any atom is 0.348 e. The van der Waals surface area contributed by atoms with Crippen molar-refractivity contribution in [3.05, 3.63) is 177 Å². The van der Waals surface area contributed by atoms with E-state index in [0.29, 0.717) is 59.3 Å². The molecule has 0 unspecified atom stereocenters. The molecule has 6 aromatic carbocycles. The number of methoxy groups -OCH3 is 2.